The average Bonchev–Trinajstić information content (AvgIpc) is 2.66. The minimum atomic E-state index is -0.0616. The van der Waals surface area contributed by atoms with E-state index in [-0.39, 0.29) is 29.9 Å². The van der Waals surface area contributed by atoms with Gasteiger partial charge < -0.3 is 16.0 Å². The van der Waals surface area contributed by atoms with Crippen molar-refractivity contribution in [3.63, 3.8) is 0 Å². The van der Waals surface area contributed by atoms with E-state index in [9.17, 15) is 4.79 Å². The van der Waals surface area contributed by atoms with E-state index >= 15 is 0 Å². The molecule has 0 radical (unpaired) electrons. The number of carbonyl (C=O) groups excluding carboxylic acids is 1. The van der Waals surface area contributed by atoms with Crippen molar-refractivity contribution >= 4 is 64.9 Å². The minimum absolute atomic E-state index is 0. The molecule has 2 aromatic rings. The highest BCUT2D eigenvalue weighted by molar-refractivity contribution is 14.0. The molecule has 0 bridgehead atoms. The molecule has 0 spiro atoms. The number of aliphatic imine (C=N–C) groups is 1. The first-order valence-corrected chi connectivity index (χ1v) is 10.1. The summed E-state index contributed by atoms with van der Waals surface area (Å²) in [6.07, 6.45) is 0.876. The zero-order valence-corrected chi connectivity index (χ0v) is 19.9. The van der Waals surface area contributed by atoms with Crippen molar-refractivity contribution in [2.45, 2.75) is 18.2 Å². The first-order chi connectivity index (χ1) is 13.1. The smallest absolute Gasteiger partial charge is 0.221 e. The molecule has 2 aromatic carbocycles. The Kier molecular flexibility index (Phi) is 12.0. The third-order valence-electron chi connectivity index (χ3n) is 3.68. The summed E-state index contributed by atoms with van der Waals surface area (Å²) in [6.45, 7) is 3.10. The molecule has 3 N–H and O–H groups in total. The fraction of sp³-hybridized carbons (Fsp3) is 0.300. The SMILES string of the molecule is CN=C(NCCSc1ccc(Cl)cc1)NCCc1ccc(NC(C)=O)cc1.I. The number of carbonyl (C=O) groups is 1. The van der Waals surface area contributed by atoms with Crippen LogP contribution in [-0.4, -0.2) is 37.8 Å². The highest BCUT2D eigenvalue weighted by Gasteiger charge is 2.00. The molecule has 1 amide bonds. The maximum atomic E-state index is 11.0. The molecule has 5 nitrogen and oxygen atoms in total. The zero-order valence-electron chi connectivity index (χ0n) is 16.0. The second kappa shape index (κ2) is 13.7. The van der Waals surface area contributed by atoms with Crippen LogP contribution in [0.2, 0.25) is 5.02 Å². The topological polar surface area (TPSA) is 65.5 Å². The van der Waals surface area contributed by atoms with Gasteiger partial charge in [0, 0.05) is 48.4 Å². The van der Waals surface area contributed by atoms with Crippen LogP contribution in [0.15, 0.2) is 58.4 Å². The largest absolute Gasteiger partial charge is 0.356 e. The Labute approximate surface area is 193 Å². The van der Waals surface area contributed by atoms with Crippen molar-refractivity contribution in [2.24, 2.45) is 4.99 Å². The quantitative estimate of drug-likeness (QED) is 0.155. The van der Waals surface area contributed by atoms with Gasteiger partial charge in [0.1, 0.15) is 0 Å². The molecular formula is C20H26ClIN4OS. The van der Waals surface area contributed by atoms with Crippen molar-refractivity contribution in [3.8, 4) is 0 Å². The van der Waals surface area contributed by atoms with Gasteiger partial charge in [0.15, 0.2) is 5.96 Å². The second-order valence-corrected chi connectivity index (χ2v) is 7.46. The van der Waals surface area contributed by atoms with Gasteiger partial charge in [0.2, 0.25) is 5.91 Å². The van der Waals surface area contributed by atoms with Gasteiger partial charge in [-0.3, -0.25) is 9.79 Å². The predicted molar refractivity (Wildman–Crippen MR) is 131 cm³/mol. The summed E-state index contributed by atoms with van der Waals surface area (Å²) in [5.74, 6) is 1.67. The van der Waals surface area contributed by atoms with E-state index in [4.69, 9.17) is 11.6 Å². The molecule has 0 fully saturated rings. The third kappa shape index (κ3) is 9.66. The number of amides is 1. The first kappa shape index (κ1) is 24.6. The highest BCUT2D eigenvalue weighted by atomic mass is 127. The molecule has 28 heavy (non-hydrogen) atoms. The van der Waals surface area contributed by atoms with Crippen molar-refractivity contribution in [3.05, 3.63) is 59.1 Å². The summed E-state index contributed by atoms with van der Waals surface area (Å²) in [4.78, 5) is 16.5. The minimum Gasteiger partial charge on any atom is -0.356 e. The number of hydrogen-bond donors (Lipinski definition) is 3. The van der Waals surface area contributed by atoms with E-state index in [2.05, 4.69) is 20.9 Å². The normalized spacial score (nSPS) is 10.8. The van der Waals surface area contributed by atoms with E-state index in [0.29, 0.717) is 0 Å². The van der Waals surface area contributed by atoms with Crippen molar-refractivity contribution in [1.82, 2.24) is 10.6 Å². The molecule has 0 saturated carbocycles. The van der Waals surface area contributed by atoms with Crippen molar-refractivity contribution in [1.29, 1.82) is 0 Å². The fourth-order valence-electron chi connectivity index (χ4n) is 2.37. The van der Waals surface area contributed by atoms with E-state index in [1.165, 1.54) is 17.4 Å². The van der Waals surface area contributed by atoms with Crippen LogP contribution in [0.1, 0.15) is 12.5 Å². The van der Waals surface area contributed by atoms with Crippen LogP contribution in [-0.2, 0) is 11.2 Å². The van der Waals surface area contributed by atoms with Gasteiger partial charge in [-0.25, -0.2) is 0 Å². The molecule has 0 heterocycles. The van der Waals surface area contributed by atoms with Crippen molar-refractivity contribution < 1.29 is 4.79 Å². The molecule has 0 aliphatic carbocycles. The fourth-order valence-corrected chi connectivity index (χ4v) is 3.27. The molecule has 0 saturated heterocycles. The van der Waals surface area contributed by atoms with Crippen LogP contribution < -0.4 is 16.0 Å². The molecule has 0 aliphatic rings. The number of nitrogens with one attached hydrogen (secondary N) is 3. The van der Waals surface area contributed by atoms with E-state index in [1.807, 2.05) is 48.5 Å². The van der Waals surface area contributed by atoms with Crippen LogP contribution in [0.5, 0.6) is 0 Å². The Morgan fingerprint density at radius 1 is 1.04 bits per heavy atom. The number of nitrogens with zero attached hydrogens (tertiary/aromatic N) is 1. The van der Waals surface area contributed by atoms with Gasteiger partial charge in [-0.05, 0) is 48.4 Å². The Morgan fingerprint density at radius 3 is 2.29 bits per heavy atom. The number of thioether (sulfide) groups is 1. The monoisotopic (exact) mass is 532 g/mol. The Morgan fingerprint density at radius 2 is 1.68 bits per heavy atom. The lowest BCUT2D eigenvalue weighted by molar-refractivity contribution is -0.114. The zero-order chi connectivity index (χ0) is 19.5. The Bertz CT molecular complexity index is 754. The first-order valence-electron chi connectivity index (χ1n) is 8.76. The summed E-state index contributed by atoms with van der Waals surface area (Å²) < 4.78 is 0. The van der Waals surface area contributed by atoms with Gasteiger partial charge in [0.05, 0.1) is 0 Å². The summed E-state index contributed by atoms with van der Waals surface area (Å²) in [7, 11) is 1.77. The number of rotatable bonds is 8. The molecule has 0 unspecified atom stereocenters. The number of hydrogen-bond acceptors (Lipinski definition) is 3. The van der Waals surface area contributed by atoms with E-state index in [0.717, 1.165) is 41.9 Å². The molecule has 0 aliphatic heterocycles. The van der Waals surface area contributed by atoms with Crippen LogP contribution >= 0.6 is 47.3 Å². The number of guanidine groups is 1. The van der Waals surface area contributed by atoms with Crippen molar-refractivity contribution in [2.75, 3.05) is 31.2 Å². The van der Waals surface area contributed by atoms with Gasteiger partial charge >= 0.3 is 0 Å². The van der Waals surface area contributed by atoms with Crippen LogP contribution in [0.3, 0.4) is 0 Å². The number of halogens is 2. The number of anilines is 1. The Balaban J connectivity index is 0.00000392. The Hall–Kier alpha value is -1.45. The lowest BCUT2D eigenvalue weighted by Crippen LogP contribution is -2.39. The molecular weight excluding hydrogens is 507 g/mol. The lowest BCUT2D eigenvalue weighted by Gasteiger charge is -2.12. The van der Waals surface area contributed by atoms with Gasteiger partial charge in [-0.1, -0.05) is 23.7 Å². The molecule has 2 rings (SSSR count). The third-order valence-corrected chi connectivity index (χ3v) is 4.95. The average molecular weight is 533 g/mol. The second-order valence-electron chi connectivity index (χ2n) is 5.86. The van der Waals surface area contributed by atoms with Gasteiger partial charge in [-0.2, -0.15) is 0 Å². The summed E-state index contributed by atoms with van der Waals surface area (Å²) in [5, 5.41) is 10.1. The standard InChI is InChI=1S/C20H25ClN4OS.HI/c1-15(26)25-18-7-3-16(4-8-18)11-12-23-20(22-2)24-13-14-27-19-9-5-17(21)6-10-19;/h3-10H,11-14H2,1-2H3,(H,25,26)(H2,22,23,24);1H. The molecule has 8 heteroatoms. The maximum Gasteiger partial charge on any atom is 0.221 e. The van der Waals surface area contributed by atoms with Crippen LogP contribution in [0.25, 0.3) is 0 Å². The number of benzene rings is 2. The molecule has 0 atom stereocenters. The maximum absolute atomic E-state index is 11.0. The van der Waals surface area contributed by atoms with E-state index in [1.54, 1.807) is 18.8 Å². The van der Waals surface area contributed by atoms with E-state index < -0.39 is 0 Å². The van der Waals surface area contributed by atoms with Crippen LogP contribution in [0.4, 0.5) is 5.69 Å². The summed E-state index contributed by atoms with van der Waals surface area (Å²) in [5.41, 5.74) is 2.01. The summed E-state index contributed by atoms with van der Waals surface area (Å²) in [6, 6.07) is 15.7. The van der Waals surface area contributed by atoms with Gasteiger partial charge in [0.25, 0.3) is 0 Å². The molecule has 0 aromatic heterocycles. The van der Waals surface area contributed by atoms with Gasteiger partial charge in [-0.15, -0.1) is 35.7 Å². The lowest BCUT2D eigenvalue weighted by atomic mass is 10.1. The molecule has 152 valence electrons. The highest BCUT2D eigenvalue weighted by Crippen LogP contribution is 2.19. The van der Waals surface area contributed by atoms with Crippen LogP contribution in [0, 0.1) is 0 Å². The summed E-state index contributed by atoms with van der Waals surface area (Å²) >= 11 is 7.67. The predicted octanol–water partition coefficient (Wildman–Crippen LogP) is 4.42.